The van der Waals surface area contributed by atoms with Crippen molar-refractivity contribution in [3.63, 3.8) is 0 Å². The van der Waals surface area contributed by atoms with Gasteiger partial charge in [-0.15, -0.1) is 0 Å². The first-order chi connectivity index (χ1) is 15.6. The number of amides is 1. The maximum Gasteiger partial charge on any atom is 0.229 e. The molecule has 0 aliphatic heterocycles. The van der Waals surface area contributed by atoms with E-state index in [1.807, 2.05) is 38.1 Å². The van der Waals surface area contributed by atoms with Gasteiger partial charge in [0, 0.05) is 18.0 Å². The lowest BCUT2D eigenvalue weighted by molar-refractivity contribution is -0.118. The number of carbonyl (C=O) groups is 1. The van der Waals surface area contributed by atoms with Crippen LogP contribution in [0.3, 0.4) is 0 Å². The highest BCUT2D eigenvalue weighted by Crippen LogP contribution is 2.33. The van der Waals surface area contributed by atoms with E-state index in [-0.39, 0.29) is 23.0 Å². The maximum absolute atomic E-state index is 13.2. The van der Waals surface area contributed by atoms with Crippen LogP contribution in [0.1, 0.15) is 18.4 Å². The van der Waals surface area contributed by atoms with Crippen molar-refractivity contribution in [3.8, 4) is 5.75 Å². The molecule has 3 rings (SSSR count). The summed E-state index contributed by atoms with van der Waals surface area (Å²) in [7, 11) is 1.84. The number of hydrogen-bond acceptors (Lipinski definition) is 7. The van der Waals surface area contributed by atoms with Gasteiger partial charge in [-0.1, -0.05) is 22.9 Å². The summed E-state index contributed by atoms with van der Waals surface area (Å²) in [6, 6.07) is 9.85. The highest BCUT2D eigenvalue weighted by molar-refractivity contribution is 7.91. The van der Waals surface area contributed by atoms with Crippen molar-refractivity contribution in [3.05, 3.63) is 47.0 Å². The fraction of sp³-hybridized carbons (Fsp3) is 0.391. The van der Waals surface area contributed by atoms with Crippen LogP contribution >= 0.6 is 22.9 Å². The van der Waals surface area contributed by atoms with Gasteiger partial charge in [-0.25, -0.2) is 13.4 Å². The number of ether oxygens (including phenoxy) is 1. The number of hydrogen-bond donors (Lipinski definition) is 0. The van der Waals surface area contributed by atoms with Crippen LogP contribution in [0, 0.1) is 6.92 Å². The lowest BCUT2D eigenvalue weighted by Gasteiger charge is -2.21. The number of thiazole rings is 1. The fourth-order valence-corrected chi connectivity index (χ4v) is 6.08. The molecule has 0 fully saturated rings. The van der Waals surface area contributed by atoms with Gasteiger partial charge in [0.2, 0.25) is 5.91 Å². The fourth-order valence-electron chi connectivity index (χ4n) is 3.39. The molecule has 7 nitrogen and oxygen atoms in total. The number of carbonyl (C=O) groups excluding carboxylic acids is 1. The van der Waals surface area contributed by atoms with E-state index in [0.717, 1.165) is 28.7 Å². The summed E-state index contributed by atoms with van der Waals surface area (Å²) in [5.41, 5.74) is 1.73. The third kappa shape index (κ3) is 6.44. The quantitative estimate of drug-likeness (QED) is 0.402. The van der Waals surface area contributed by atoms with E-state index in [4.69, 9.17) is 16.3 Å². The number of sulfone groups is 1. The van der Waals surface area contributed by atoms with Gasteiger partial charge in [-0.05, 0) is 75.9 Å². The molecule has 0 saturated heterocycles. The van der Waals surface area contributed by atoms with Crippen LogP contribution in [0.25, 0.3) is 10.2 Å². The topological polar surface area (TPSA) is 79.8 Å². The van der Waals surface area contributed by atoms with Crippen LogP contribution in [0.5, 0.6) is 5.75 Å². The Balaban J connectivity index is 1.81. The molecular formula is C23H28ClN3O4S2. The number of fused-ring (bicyclic) bond motifs is 1. The third-order valence-corrected chi connectivity index (χ3v) is 8.14. The van der Waals surface area contributed by atoms with E-state index in [2.05, 4.69) is 4.98 Å². The van der Waals surface area contributed by atoms with Crippen molar-refractivity contribution in [2.24, 2.45) is 0 Å². The Hall–Kier alpha value is -2.20. The van der Waals surface area contributed by atoms with E-state index >= 15 is 0 Å². The number of methoxy groups -OCH3 is 1. The molecule has 3 aromatic rings. The van der Waals surface area contributed by atoms with Gasteiger partial charge in [0.25, 0.3) is 0 Å². The minimum atomic E-state index is -3.61. The van der Waals surface area contributed by atoms with E-state index in [1.165, 1.54) is 30.6 Å². The Kier molecular flexibility index (Phi) is 8.33. The van der Waals surface area contributed by atoms with Crippen molar-refractivity contribution in [2.45, 2.75) is 24.7 Å². The van der Waals surface area contributed by atoms with Crippen molar-refractivity contribution in [1.82, 2.24) is 9.88 Å². The zero-order valence-corrected chi connectivity index (χ0v) is 21.6. The van der Waals surface area contributed by atoms with Crippen LogP contribution in [0.2, 0.25) is 5.02 Å². The Labute approximate surface area is 203 Å². The van der Waals surface area contributed by atoms with Gasteiger partial charge in [-0.3, -0.25) is 9.69 Å². The first-order valence-corrected chi connectivity index (χ1v) is 13.3. The first kappa shape index (κ1) is 25.4. The van der Waals surface area contributed by atoms with E-state index in [0.29, 0.717) is 22.4 Å². The van der Waals surface area contributed by atoms with Crippen LogP contribution in [-0.2, 0) is 14.6 Å². The summed E-state index contributed by atoms with van der Waals surface area (Å²) in [5, 5.41) is 1.17. The monoisotopic (exact) mass is 509 g/mol. The summed E-state index contributed by atoms with van der Waals surface area (Å²) in [6.45, 7) is 3.17. The Bertz CT molecular complexity index is 1220. The molecule has 0 bridgehead atoms. The van der Waals surface area contributed by atoms with Gasteiger partial charge in [-0.2, -0.15) is 0 Å². The molecular weight excluding hydrogens is 482 g/mol. The maximum atomic E-state index is 13.2. The van der Waals surface area contributed by atoms with E-state index < -0.39 is 9.84 Å². The Morgan fingerprint density at radius 1 is 1.15 bits per heavy atom. The van der Waals surface area contributed by atoms with Gasteiger partial charge in [0.1, 0.15) is 5.75 Å². The Morgan fingerprint density at radius 3 is 2.48 bits per heavy atom. The minimum absolute atomic E-state index is 0.133. The normalized spacial score (nSPS) is 11.8. The third-order valence-electron chi connectivity index (χ3n) is 5.16. The minimum Gasteiger partial charge on any atom is -0.497 e. The molecule has 0 atom stereocenters. The summed E-state index contributed by atoms with van der Waals surface area (Å²) < 4.78 is 31.5. The van der Waals surface area contributed by atoms with Gasteiger partial charge >= 0.3 is 0 Å². The predicted molar refractivity (Wildman–Crippen MR) is 135 cm³/mol. The van der Waals surface area contributed by atoms with Crippen molar-refractivity contribution < 1.29 is 17.9 Å². The molecule has 0 N–H and O–H groups in total. The van der Waals surface area contributed by atoms with Crippen LogP contribution < -0.4 is 9.64 Å². The molecule has 2 aromatic carbocycles. The average molecular weight is 510 g/mol. The van der Waals surface area contributed by atoms with Gasteiger partial charge in [0.15, 0.2) is 15.0 Å². The van der Waals surface area contributed by atoms with E-state index in [1.54, 1.807) is 17.0 Å². The summed E-state index contributed by atoms with van der Waals surface area (Å²) in [6.07, 6.45) is 0.603. The molecule has 0 aliphatic rings. The second-order valence-corrected chi connectivity index (χ2v) is 11.6. The first-order valence-electron chi connectivity index (χ1n) is 10.5. The molecule has 0 saturated carbocycles. The summed E-state index contributed by atoms with van der Waals surface area (Å²) in [4.78, 5) is 21.7. The molecule has 1 aromatic heterocycles. The lowest BCUT2D eigenvalue weighted by Crippen LogP contribution is -2.34. The van der Waals surface area contributed by atoms with Crippen molar-refractivity contribution in [2.75, 3.05) is 44.9 Å². The molecule has 0 aliphatic carbocycles. The summed E-state index contributed by atoms with van der Waals surface area (Å²) in [5.74, 6) is 0.0231. The number of anilines is 1. The van der Waals surface area contributed by atoms with Crippen LogP contribution in [0.4, 0.5) is 5.13 Å². The standard InChI is InChI=1S/C23H28ClN3O4S2/c1-16-14-17(24)15-20-22(16)25-23(32-20)27(12-5-11-26(2)3)21(28)10-13-33(29,30)19-8-6-18(31-4)7-9-19/h6-9,14-15H,5,10-13H2,1-4H3. The molecule has 0 radical (unpaired) electrons. The number of benzene rings is 2. The molecule has 33 heavy (non-hydrogen) atoms. The SMILES string of the molecule is COc1ccc(S(=O)(=O)CCC(=O)N(CCCN(C)C)c2nc3c(C)cc(Cl)cc3s2)cc1. The molecule has 1 amide bonds. The second kappa shape index (κ2) is 10.8. The van der Waals surface area contributed by atoms with Gasteiger partial charge < -0.3 is 9.64 Å². The number of aromatic nitrogens is 1. The summed E-state index contributed by atoms with van der Waals surface area (Å²) >= 11 is 7.58. The zero-order valence-electron chi connectivity index (χ0n) is 19.2. The largest absolute Gasteiger partial charge is 0.497 e. The lowest BCUT2D eigenvalue weighted by atomic mass is 10.2. The average Bonchev–Trinajstić information content (AvgIpc) is 3.19. The van der Waals surface area contributed by atoms with Crippen LogP contribution in [0.15, 0.2) is 41.3 Å². The Morgan fingerprint density at radius 2 is 1.85 bits per heavy atom. The zero-order chi connectivity index (χ0) is 24.2. The molecule has 10 heteroatoms. The highest BCUT2D eigenvalue weighted by Gasteiger charge is 2.23. The molecule has 0 spiro atoms. The number of nitrogens with zero attached hydrogens (tertiary/aromatic N) is 3. The van der Waals surface area contributed by atoms with E-state index in [9.17, 15) is 13.2 Å². The smallest absolute Gasteiger partial charge is 0.229 e. The van der Waals surface area contributed by atoms with Crippen molar-refractivity contribution >= 4 is 54.0 Å². The predicted octanol–water partition coefficient (Wildman–Crippen LogP) is 4.42. The molecule has 1 heterocycles. The van der Waals surface area contributed by atoms with Crippen molar-refractivity contribution in [1.29, 1.82) is 0 Å². The highest BCUT2D eigenvalue weighted by atomic mass is 35.5. The number of aryl methyl sites for hydroxylation is 1. The van der Waals surface area contributed by atoms with Gasteiger partial charge in [0.05, 0.1) is 28.0 Å². The molecule has 0 unspecified atom stereocenters. The second-order valence-electron chi connectivity index (χ2n) is 8.01. The molecule has 178 valence electrons. The number of halogens is 1. The number of rotatable bonds is 10. The van der Waals surface area contributed by atoms with Crippen LogP contribution in [-0.4, -0.2) is 64.3 Å².